The van der Waals surface area contributed by atoms with Crippen LogP contribution in [0.1, 0.15) is 28.7 Å². The number of aromatic carboxylic acids is 1. The Bertz CT molecular complexity index is 414. The van der Waals surface area contributed by atoms with Crippen LogP contribution >= 0.6 is 0 Å². The fourth-order valence-electron chi connectivity index (χ4n) is 1.29. The molecule has 0 unspecified atom stereocenters. The van der Waals surface area contributed by atoms with E-state index < -0.39 is 11.9 Å². The molecule has 0 radical (unpaired) electrons. The highest BCUT2D eigenvalue weighted by molar-refractivity contribution is 5.90. The van der Waals surface area contributed by atoms with Crippen LogP contribution in [0.15, 0.2) is 12.1 Å². The molecular formula is C11H13NO4. The van der Waals surface area contributed by atoms with Crippen LogP contribution in [-0.4, -0.2) is 28.6 Å². The highest BCUT2D eigenvalue weighted by Gasteiger charge is 2.15. The molecule has 1 rings (SSSR count). The van der Waals surface area contributed by atoms with Crippen LogP contribution in [0.5, 0.6) is 0 Å². The average Bonchev–Trinajstić information content (AvgIpc) is 2.17. The molecule has 0 bridgehead atoms. The highest BCUT2D eigenvalue weighted by atomic mass is 16.5. The summed E-state index contributed by atoms with van der Waals surface area (Å²) < 4.78 is 4.75. The van der Waals surface area contributed by atoms with Crippen molar-refractivity contribution in [1.29, 1.82) is 0 Å². The molecule has 1 N–H and O–H groups in total. The van der Waals surface area contributed by atoms with E-state index in [1.165, 1.54) is 6.07 Å². The highest BCUT2D eigenvalue weighted by Crippen LogP contribution is 2.09. The molecule has 5 heteroatoms. The first-order chi connectivity index (χ1) is 7.54. The molecule has 1 heterocycles. The van der Waals surface area contributed by atoms with E-state index in [-0.39, 0.29) is 24.3 Å². The van der Waals surface area contributed by atoms with Crippen molar-refractivity contribution >= 4 is 11.9 Å². The Morgan fingerprint density at radius 3 is 2.69 bits per heavy atom. The Morgan fingerprint density at radius 2 is 2.12 bits per heavy atom. The first-order valence-corrected chi connectivity index (χ1v) is 4.90. The van der Waals surface area contributed by atoms with Gasteiger partial charge < -0.3 is 9.84 Å². The van der Waals surface area contributed by atoms with Crippen LogP contribution in [0.2, 0.25) is 0 Å². The number of carboxylic acids is 1. The summed E-state index contributed by atoms with van der Waals surface area (Å²) >= 11 is 0. The van der Waals surface area contributed by atoms with Crippen LogP contribution in [0.4, 0.5) is 0 Å². The van der Waals surface area contributed by atoms with Crippen LogP contribution in [0.25, 0.3) is 0 Å². The van der Waals surface area contributed by atoms with E-state index in [2.05, 4.69) is 4.98 Å². The predicted molar refractivity (Wildman–Crippen MR) is 56.3 cm³/mol. The topological polar surface area (TPSA) is 76.5 Å². The molecule has 1 aromatic heterocycles. The van der Waals surface area contributed by atoms with Gasteiger partial charge in [-0.1, -0.05) is 0 Å². The number of carbonyl (C=O) groups excluding carboxylic acids is 1. The lowest BCUT2D eigenvalue weighted by Gasteiger charge is -2.05. The third-order valence-corrected chi connectivity index (χ3v) is 1.96. The summed E-state index contributed by atoms with van der Waals surface area (Å²) in [5.74, 6) is -1.56. The quantitative estimate of drug-likeness (QED) is 0.776. The number of nitrogens with zero attached hydrogens (tertiary/aromatic N) is 1. The largest absolute Gasteiger partial charge is 0.478 e. The minimum absolute atomic E-state index is 0.0404. The first kappa shape index (κ1) is 12.2. The molecule has 0 aromatic carbocycles. The van der Waals surface area contributed by atoms with E-state index in [9.17, 15) is 9.59 Å². The summed E-state index contributed by atoms with van der Waals surface area (Å²) in [6.45, 7) is 3.70. The number of hydrogen-bond acceptors (Lipinski definition) is 4. The number of esters is 1. The Labute approximate surface area is 93.1 Å². The molecule has 0 atom stereocenters. The van der Waals surface area contributed by atoms with E-state index in [1.807, 2.05) is 0 Å². The van der Waals surface area contributed by atoms with Gasteiger partial charge in [0, 0.05) is 5.69 Å². The van der Waals surface area contributed by atoms with Crippen molar-refractivity contribution in [2.75, 3.05) is 6.61 Å². The zero-order valence-corrected chi connectivity index (χ0v) is 9.19. The van der Waals surface area contributed by atoms with Gasteiger partial charge in [-0.25, -0.2) is 4.79 Å². The summed E-state index contributed by atoms with van der Waals surface area (Å²) in [6.07, 6.45) is -0.114. The second kappa shape index (κ2) is 5.25. The van der Waals surface area contributed by atoms with Crippen LogP contribution in [-0.2, 0) is 16.0 Å². The van der Waals surface area contributed by atoms with Crippen LogP contribution in [0, 0.1) is 6.92 Å². The minimum atomic E-state index is -1.09. The first-order valence-electron chi connectivity index (χ1n) is 4.90. The molecule has 5 nitrogen and oxygen atoms in total. The molecule has 0 amide bonds. The number of aromatic nitrogens is 1. The average molecular weight is 223 g/mol. The summed E-state index contributed by atoms with van der Waals surface area (Å²) in [6, 6.07) is 3.04. The number of carbonyl (C=O) groups is 2. The van der Waals surface area contributed by atoms with Gasteiger partial charge >= 0.3 is 11.9 Å². The third-order valence-electron chi connectivity index (χ3n) is 1.96. The second-order valence-electron chi connectivity index (χ2n) is 3.23. The number of rotatable bonds is 4. The van der Waals surface area contributed by atoms with E-state index in [1.54, 1.807) is 19.9 Å². The van der Waals surface area contributed by atoms with E-state index in [0.29, 0.717) is 5.69 Å². The SMILES string of the molecule is CCOC(=O)Cc1nc(C)ccc1C(=O)O. The number of carboxylic acid groups (broad SMARTS) is 1. The van der Waals surface area contributed by atoms with Crippen LogP contribution < -0.4 is 0 Å². The van der Waals surface area contributed by atoms with Gasteiger partial charge in [-0.05, 0) is 26.0 Å². The molecular weight excluding hydrogens is 210 g/mol. The molecule has 0 aliphatic carbocycles. The maximum atomic E-state index is 11.2. The minimum Gasteiger partial charge on any atom is -0.478 e. The lowest BCUT2D eigenvalue weighted by molar-refractivity contribution is -0.142. The van der Waals surface area contributed by atoms with Crippen molar-refractivity contribution in [3.8, 4) is 0 Å². The second-order valence-corrected chi connectivity index (χ2v) is 3.23. The summed E-state index contributed by atoms with van der Waals surface area (Å²) in [7, 11) is 0. The maximum absolute atomic E-state index is 11.2. The molecule has 1 aromatic rings. The Balaban J connectivity index is 2.96. The summed E-state index contributed by atoms with van der Waals surface area (Å²) in [4.78, 5) is 26.2. The van der Waals surface area contributed by atoms with Gasteiger partial charge in [0.1, 0.15) is 0 Å². The van der Waals surface area contributed by atoms with Crippen molar-refractivity contribution in [2.24, 2.45) is 0 Å². The third kappa shape index (κ3) is 3.05. The van der Waals surface area contributed by atoms with E-state index in [0.717, 1.165) is 0 Å². The Hall–Kier alpha value is -1.91. The molecule has 0 saturated heterocycles. The van der Waals surface area contributed by atoms with Gasteiger partial charge in [-0.2, -0.15) is 0 Å². The molecule has 0 fully saturated rings. The molecule has 0 aliphatic rings. The number of ether oxygens (including phenoxy) is 1. The lowest BCUT2D eigenvalue weighted by atomic mass is 10.1. The molecule has 0 aliphatic heterocycles. The number of aryl methyl sites for hydroxylation is 1. The zero-order chi connectivity index (χ0) is 12.1. The van der Waals surface area contributed by atoms with Crippen molar-refractivity contribution in [2.45, 2.75) is 20.3 Å². The van der Waals surface area contributed by atoms with Gasteiger partial charge in [-0.15, -0.1) is 0 Å². The summed E-state index contributed by atoms with van der Waals surface area (Å²) in [5.41, 5.74) is 0.953. The van der Waals surface area contributed by atoms with Crippen molar-refractivity contribution < 1.29 is 19.4 Å². The van der Waals surface area contributed by atoms with Gasteiger partial charge in [0.05, 0.1) is 24.3 Å². The number of pyridine rings is 1. The monoisotopic (exact) mass is 223 g/mol. The summed E-state index contributed by atoms with van der Waals surface area (Å²) in [5, 5.41) is 8.91. The fourth-order valence-corrected chi connectivity index (χ4v) is 1.29. The van der Waals surface area contributed by atoms with Crippen molar-refractivity contribution in [3.05, 3.63) is 29.1 Å². The molecule has 16 heavy (non-hydrogen) atoms. The molecule has 0 saturated carbocycles. The van der Waals surface area contributed by atoms with Gasteiger partial charge in [0.25, 0.3) is 0 Å². The van der Waals surface area contributed by atoms with Crippen molar-refractivity contribution in [1.82, 2.24) is 4.98 Å². The normalized spacial score (nSPS) is 9.88. The van der Waals surface area contributed by atoms with Crippen molar-refractivity contribution in [3.63, 3.8) is 0 Å². The van der Waals surface area contributed by atoms with Gasteiger partial charge in [0.2, 0.25) is 0 Å². The predicted octanol–water partition coefficient (Wildman–Crippen LogP) is 1.19. The fraction of sp³-hybridized carbons (Fsp3) is 0.364. The Kier molecular flexibility index (Phi) is 3.99. The van der Waals surface area contributed by atoms with Crippen LogP contribution in [0.3, 0.4) is 0 Å². The number of hydrogen-bond donors (Lipinski definition) is 1. The smallest absolute Gasteiger partial charge is 0.337 e. The van der Waals surface area contributed by atoms with E-state index >= 15 is 0 Å². The zero-order valence-electron chi connectivity index (χ0n) is 9.19. The molecule has 86 valence electrons. The maximum Gasteiger partial charge on any atom is 0.337 e. The van der Waals surface area contributed by atoms with Gasteiger partial charge in [0.15, 0.2) is 0 Å². The lowest BCUT2D eigenvalue weighted by Crippen LogP contribution is -2.13. The van der Waals surface area contributed by atoms with E-state index in [4.69, 9.17) is 9.84 Å². The van der Waals surface area contributed by atoms with Gasteiger partial charge in [-0.3, -0.25) is 9.78 Å². The molecule has 0 spiro atoms. The standard InChI is InChI=1S/C11H13NO4/c1-3-16-10(13)6-9-8(11(14)15)5-4-7(2)12-9/h4-5H,3,6H2,1-2H3,(H,14,15). The Morgan fingerprint density at radius 1 is 1.44 bits per heavy atom.